The summed E-state index contributed by atoms with van der Waals surface area (Å²) in [6.45, 7) is 8.50. The second-order valence-electron chi connectivity index (χ2n) is 4.35. The Bertz CT molecular complexity index is 294. The van der Waals surface area contributed by atoms with Crippen molar-refractivity contribution in [1.29, 1.82) is 0 Å². The molecule has 96 valence electrons. The molecule has 2 heteroatoms. The molecule has 0 aromatic heterocycles. The molecule has 1 atom stereocenters. The molecule has 1 unspecified atom stereocenters. The molecule has 0 aliphatic carbocycles. The molecule has 0 aliphatic rings. The third-order valence-corrected chi connectivity index (χ3v) is 2.89. The van der Waals surface area contributed by atoms with Gasteiger partial charge in [-0.05, 0) is 43.5 Å². The molecule has 17 heavy (non-hydrogen) atoms. The van der Waals surface area contributed by atoms with E-state index >= 15 is 0 Å². The van der Waals surface area contributed by atoms with Crippen LogP contribution in [0.2, 0.25) is 0 Å². The highest BCUT2D eigenvalue weighted by Crippen LogP contribution is 2.15. The van der Waals surface area contributed by atoms with Crippen molar-refractivity contribution < 1.29 is 4.74 Å². The maximum atomic E-state index is 5.95. The highest BCUT2D eigenvalue weighted by molar-refractivity contribution is 5.27. The van der Waals surface area contributed by atoms with Crippen molar-refractivity contribution in [3.63, 3.8) is 0 Å². The Kier molecular flexibility index (Phi) is 6.71. The lowest BCUT2D eigenvalue weighted by atomic mass is 10.2. The van der Waals surface area contributed by atoms with Gasteiger partial charge in [0.2, 0.25) is 0 Å². The van der Waals surface area contributed by atoms with E-state index in [1.807, 2.05) is 0 Å². The average molecular weight is 235 g/mol. The third kappa shape index (κ3) is 5.22. The van der Waals surface area contributed by atoms with Crippen molar-refractivity contribution in [2.75, 3.05) is 13.1 Å². The van der Waals surface area contributed by atoms with Crippen molar-refractivity contribution in [3.8, 4) is 5.75 Å². The van der Waals surface area contributed by atoms with Gasteiger partial charge in [-0.3, -0.25) is 0 Å². The van der Waals surface area contributed by atoms with Crippen LogP contribution >= 0.6 is 0 Å². The minimum Gasteiger partial charge on any atom is -0.489 e. The predicted octanol–water partition coefficient (Wildman–Crippen LogP) is 3.41. The number of hydrogen-bond donors (Lipinski definition) is 1. The van der Waals surface area contributed by atoms with E-state index in [4.69, 9.17) is 4.74 Å². The lowest BCUT2D eigenvalue weighted by Gasteiger charge is -2.18. The van der Waals surface area contributed by atoms with E-state index < -0.39 is 0 Å². The Labute approximate surface area is 105 Å². The zero-order valence-corrected chi connectivity index (χ0v) is 11.3. The highest BCUT2D eigenvalue weighted by Gasteiger charge is 2.07. The first-order valence-electron chi connectivity index (χ1n) is 6.76. The smallest absolute Gasteiger partial charge is 0.119 e. The SMILES string of the molecule is CCCNCC(CC)Oc1ccc(CC)cc1. The van der Waals surface area contributed by atoms with Crippen LogP contribution < -0.4 is 10.1 Å². The molecule has 0 saturated carbocycles. The lowest BCUT2D eigenvalue weighted by molar-refractivity contribution is 0.193. The van der Waals surface area contributed by atoms with E-state index in [1.165, 1.54) is 12.0 Å². The van der Waals surface area contributed by atoms with E-state index in [-0.39, 0.29) is 6.10 Å². The second kappa shape index (κ2) is 8.13. The molecule has 1 aromatic rings. The second-order valence-corrected chi connectivity index (χ2v) is 4.35. The summed E-state index contributed by atoms with van der Waals surface area (Å²) in [6, 6.07) is 8.42. The van der Waals surface area contributed by atoms with Crippen LogP contribution in [0.1, 0.15) is 39.2 Å². The molecule has 0 heterocycles. The first kappa shape index (κ1) is 14.0. The van der Waals surface area contributed by atoms with Crippen LogP contribution in [0.5, 0.6) is 5.75 Å². The maximum absolute atomic E-state index is 5.95. The van der Waals surface area contributed by atoms with Gasteiger partial charge in [0.1, 0.15) is 11.9 Å². The molecule has 1 aromatic carbocycles. The molecule has 0 bridgehead atoms. The topological polar surface area (TPSA) is 21.3 Å². The summed E-state index contributed by atoms with van der Waals surface area (Å²) < 4.78 is 5.95. The molecule has 1 N–H and O–H groups in total. The van der Waals surface area contributed by atoms with Gasteiger partial charge in [0, 0.05) is 6.54 Å². The Balaban J connectivity index is 2.43. The van der Waals surface area contributed by atoms with E-state index in [9.17, 15) is 0 Å². The minimum atomic E-state index is 0.272. The number of nitrogens with one attached hydrogen (secondary N) is 1. The summed E-state index contributed by atoms with van der Waals surface area (Å²) >= 11 is 0. The molecule has 2 nitrogen and oxygen atoms in total. The molecule has 0 saturated heterocycles. The van der Waals surface area contributed by atoms with Crippen LogP contribution in [-0.2, 0) is 6.42 Å². The van der Waals surface area contributed by atoms with E-state index in [2.05, 4.69) is 50.4 Å². The highest BCUT2D eigenvalue weighted by atomic mass is 16.5. The number of benzene rings is 1. The number of ether oxygens (including phenoxy) is 1. The van der Waals surface area contributed by atoms with Gasteiger partial charge in [0.15, 0.2) is 0 Å². The zero-order chi connectivity index (χ0) is 12.5. The minimum absolute atomic E-state index is 0.272. The van der Waals surface area contributed by atoms with Crippen LogP contribution in [0, 0.1) is 0 Å². The fraction of sp³-hybridized carbons (Fsp3) is 0.600. The van der Waals surface area contributed by atoms with Gasteiger partial charge in [-0.15, -0.1) is 0 Å². The summed E-state index contributed by atoms with van der Waals surface area (Å²) in [4.78, 5) is 0. The van der Waals surface area contributed by atoms with Gasteiger partial charge < -0.3 is 10.1 Å². The van der Waals surface area contributed by atoms with Crippen molar-refractivity contribution >= 4 is 0 Å². The van der Waals surface area contributed by atoms with Gasteiger partial charge in [-0.2, -0.15) is 0 Å². The molecule has 1 rings (SSSR count). The number of hydrogen-bond acceptors (Lipinski definition) is 2. The van der Waals surface area contributed by atoms with Crippen LogP contribution in [0.3, 0.4) is 0 Å². The van der Waals surface area contributed by atoms with Gasteiger partial charge >= 0.3 is 0 Å². The van der Waals surface area contributed by atoms with Gasteiger partial charge in [-0.1, -0.05) is 32.9 Å². The van der Waals surface area contributed by atoms with Gasteiger partial charge in [-0.25, -0.2) is 0 Å². The van der Waals surface area contributed by atoms with Crippen molar-refractivity contribution in [1.82, 2.24) is 5.32 Å². The van der Waals surface area contributed by atoms with Crippen LogP contribution in [0.4, 0.5) is 0 Å². The Hall–Kier alpha value is -1.02. The maximum Gasteiger partial charge on any atom is 0.119 e. The fourth-order valence-corrected chi connectivity index (χ4v) is 1.71. The van der Waals surface area contributed by atoms with Crippen LogP contribution in [0.15, 0.2) is 24.3 Å². The molecular formula is C15H25NO. The molecule has 0 fully saturated rings. The van der Waals surface area contributed by atoms with Gasteiger partial charge in [0.25, 0.3) is 0 Å². The van der Waals surface area contributed by atoms with Crippen LogP contribution in [-0.4, -0.2) is 19.2 Å². The molecule has 0 amide bonds. The largest absolute Gasteiger partial charge is 0.489 e. The van der Waals surface area contributed by atoms with Crippen LogP contribution in [0.25, 0.3) is 0 Å². The van der Waals surface area contributed by atoms with E-state index in [1.54, 1.807) is 0 Å². The van der Waals surface area contributed by atoms with Gasteiger partial charge in [0.05, 0.1) is 0 Å². The van der Waals surface area contributed by atoms with Crippen molar-refractivity contribution in [3.05, 3.63) is 29.8 Å². The van der Waals surface area contributed by atoms with E-state index in [0.717, 1.165) is 31.7 Å². The standard InChI is InChI=1S/C15H25NO/c1-4-11-16-12-14(6-3)17-15-9-7-13(5-2)8-10-15/h7-10,14,16H,4-6,11-12H2,1-3H3. The third-order valence-electron chi connectivity index (χ3n) is 2.89. The lowest BCUT2D eigenvalue weighted by Crippen LogP contribution is -2.31. The molecule has 0 aliphatic heterocycles. The van der Waals surface area contributed by atoms with Crippen molar-refractivity contribution in [2.24, 2.45) is 0 Å². The Morgan fingerprint density at radius 1 is 1.12 bits per heavy atom. The van der Waals surface area contributed by atoms with E-state index in [0.29, 0.717) is 0 Å². The molecular weight excluding hydrogens is 210 g/mol. The fourth-order valence-electron chi connectivity index (χ4n) is 1.71. The average Bonchev–Trinajstić information content (AvgIpc) is 2.38. The predicted molar refractivity (Wildman–Crippen MR) is 73.7 cm³/mol. The van der Waals surface area contributed by atoms with Crippen molar-refractivity contribution in [2.45, 2.75) is 46.1 Å². The molecule has 0 radical (unpaired) electrons. The Morgan fingerprint density at radius 3 is 2.35 bits per heavy atom. The summed E-state index contributed by atoms with van der Waals surface area (Å²) in [6.07, 6.45) is 3.55. The Morgan fingerprint density at radius 2 is 1.82 bits per heavy atom. The normalized spacial score (nSPS) is 12.4. The first-order valence-corrected chi connectivity index (χ1v) is 6.76. The first-order chi connectivity index (χ1) is 8.30. The number of aryl methyl sites for hydroxylation is 1. The summed E-state index contributed by atoms with van der Waals surface area (Å²) in [5.41, 5.74) is 1.36. The summed E-state index contributed by atoms with van der Waals surface area (Å²) in [5, 5.41) is 3.40. The quantitative estimate of drug-likeness (QED) is 0.697. The zero-order valence-electron chi connectivity index (χ0n) is 11.3. The summed E-state index contributed by atoms with van der Waals surface area (Å²) in [5.74, 6) is 0.979. The molecule has 0 spiro atoms. The monoisotopic (exact) mass is 235 g/mol. The number of rotatable bonds is 8. The summed E-state index contributed by atoms with van der Waals surface area (Å²) in [7, 11) is 0.